The molecule has 1 N–H and O–H groups in total. The number of fused-ring (bicyclic) bond motifs is 2. The number of nitrogens with one attached hydrogen (secondary N) is 1. The van der Waals surface area contributed by atoms with Gasteiger partial charge in [-0.1, -0.05) is 19.8 Å². The zero-order valence-electron chi connectivity index (χ0n) is 11.0. The highest BCUT2D eigenvalue weighted by atomic mass is 15.4. The Bertz CT molecular complexity index is 539. The van der Waals surface area contributed by atoms with E-state index in [1.165, 1.54) is 30.6 Å². The van der Waals surface area contributed by atoms with E-state index >= 15 is 0 Å². The number of H-pyrrole nitrogens is 1. The summed E-state index contributed by atoms with van der Waals surface area (Å²) >= 11 is 0. The van der Waals surface area contributed by atoms with Gasteiger partial charge in [0.2, 0.25) is 5.95 Å². The van der Waals surface area contributed by atoms with Gasteiger partial charge in [0.1, 0.15) is 5.82 Å². The summed E-state index contributed by atoms with van der Waals surface area (Å²) in [5, 5.41) is 8.52. The fourth-order valence-electron chi connectivity index (χ4n) is 2.54. The second kappa shape index (κ2) is 4.48. The van der Waals surface area contributed by atoms with E-state index in [0.717, 1.165) is 24.9 Å². The Morgan fingerprint density at radius 1 is 1.33 bits per heavy atom. The van der Waals surface area contributed by atoms with Crippen LogP contribution in [-0.4, -0.2) is 26.3 Å². The number of hydrogen-bond acceptors (Lipinski definition) is 3. The first-order valence-corrected chi connectivity index (χ1v) is 6.65. The molecule has 0 atom stereocenters. The van der Waals surface area contributed by atoms with E-state index in [4.69, 9.17) is 0 Å². The molecule has 0 unspecified atom stereocenters. The fourth-order valence-corrected chi connectivity index (χ4v) is 2.54. The summed E-state index contributed by atoms with van der Waals surface area (Å²) in [6, 6.07) is 2.13. The fraction of sp³-hybridized carbons (Fsp3) is 0.538. The maximum absolute atomic E-state index is 4.32. The Hall–Kier alpha value is -1.78. The van der Waals surface area contributed by atoms with Crippen molar-refractivity contribution in [3.63, 3.8) is 0 Å². The van der Waals surface area contributed by atoms with E-state index in [2.05, 4.69) is 37.6 Å². The minimum atomic E-state index is 0.848. The van der Waals surface area contributed by atoms with Gasteiger partial charge in [0.05, 0.1) is 17.9 Å². The van der Waals surface area contributed by atoms with Crippen LogP contribution in [-0.2, 0) is 6.54 Å². The Morgan fingerprint density at radius 3 is 3.06 bits per heavy atom. The lowest BCUT2D eigenvalue weighted by molar-refractivity contribution is 0.663. The molecule has 0 radical (unpaired) electrons. The maximum atomic E-state index is 4.32. The lowest BCUT2D eigenvalue weighted by Crippen LogP contribution is -2.27. The Balaban J connectivity index is 1.93. The summed E-state index contributed by atoms with van der Waals surface area (Å²) in [6.45, 7) is 6.09. The molecule has 0 spiro atoms. The van der Waals surface area contributed by atoms with Gasteiger partial charge in [-0.2, -0.15) is 0 Å². The molecule has 0 amide bonds. The van der Waals surface area contributed by atoms with Crippen LogP contribution in [0.2, 0.25) is 0 Å². The Kier molecular flexibility index (Phi) is 2.81. The molecule has 1 aliphatic heterocycles. The van der Waals surface area contributed by atoms with Crippen LogP contribution < -0.4 is 4.90 Å². The van der Waals surface area contributed by atoms with E-state index in [9.17, 15) is 0 Å². The van der Waals surface area contributed by atoms with E-state index in [-0.39, 0.29) is 0 Å². The van der Waals surface area contributed by atoms with Crippen LogP contribution in [0.4, 0.5) is 11.6 Å². The van der Waals surface area contributed by atoms with Crippen molar-refractivity contribution in [2.24, 2.45) is 0 Å². The molecule has 0 saturated carbocycles. The molecule has 1 aliphatic rings. The normalized spacial score (nSPS) is 13.6. The number of rotatable bonds is 4. The average molecular weight is 245 g/mol. The van der Waals surface area contributed by atoms with Gasteiger partial charge in [-0.25, -0.2) is 0 Å². The van der Waals surface area contributed by atoms with Crippen LogP contribution in [0.15, 0.2) is 12.3 Å². The average Bonchev–Trinajstić information content (AvgIpc) is 2.97. The second-order valence-electron chi connectivity index (χ2n) is 4.83. The van der Waals surface area contributed by atoms with Crippen LogP contribution >= 0.6 is 0 Å². The molecule has 96 valence electrons. The standard InChI is InChI=1S/C13H19N5/c1-3-4-5-8-17-12-6-7-14-11(12)9-18-10(2)15-16-13(17)18/h6-7,14H,3-5,8-9H2,1-2H3. The van der Waals surface area contributed by atoms with Crippen LogP contribution in [0.25, 0.3) is 0 Å². The first-order chi connectivity index (χ1) is 8.81. The molecule has 0 fully saturated rings. The molecule has 3 rings (SSSR count). The summed E-state index contributed by atoms with van der Waals surface area (Å²) in [4.78, 5) is 5.60. The topological polar surface area (TPSA) is 49.7 Å². The van der Waals surface area contributed by atoms with E-state index in [0.29, 0.717) is 0 Å². The van der Waals surface area contributed by atoms with Crippen LogP contribution in [0.1, 0.15) is 37.7 Å². The van der Waals surface area contributed by atoms with Gasteiger partial charge in [0.25, 0.3) is 0 Å². The molecule has 0 saturated heterocycles. The largest absolute Gasteiger partial charge is 0.362 e. The van der Waals surface area contributed by atoms with E-state index in [1.54, 1.807) is 0 Å². The van der Waals surface area contributed by atoms with Gasteiger partial charge in [-0.15, -0.1) is 10.2 Å². The number of aromatic nitrogens is 4. The zero-order valence-corrected chi connectivity index (χ0v) is 11.0. The van der Waals surface area contributed by atoms with Gasteiger partial charge in [-0.05, 0) is 19.4 Å². The third-order valence-electron chi connectivity index (χ3n) is 3.56. The molecule has 0 aromatic carbocycles. The number of anilines is 2. The number of unbranched alkanes of at least 4 members (excludes halogenated alkanes) is 2. The van der Waals surface area contributed by atoms with E-state index < -0.39 is 0 Å². The third kappa shape index (κ3) is 1.70. The van der Waals surface area contributed by atoms with Crippen molar-refractivity contribution in [3.05, 3.63) is 23.8 Å². The van der Waals surface area contributed by atoms with Crippen molar-refractivity contribution in [3.8, 4) is 0 Å². The highest BCUT2D eigenvalue weighted by Crippen LogP contribution is 2.33. The SMILES string of the molecule is CCCCCN1c2cc[nH]c2Cn2c(C)nnc21. The van der Waals surface area contributed by atoms with Crippen molar-refractivity contribution in [2.45, 2.75) is 39.7 Å². The third-order valence-corrected chi connectivity index (χ3v) is 3.56. The van der Waals surface area contributed by atoms with Crippen molar-refractivity contribution in [2.75, 3.05) is 11.4 Å². The lowest BCUT2D eigenvalue weighted by atomic mass is 10.2. The van der Waals surface area contributed by atoms with Crippen molar-refractivity contribution in [1.29, 1.82) is 0 Å². The van der Waals surface area contributed by atoms with Gasteiger partial charge >= 0.3 is 0 Å². The summed E-state index contributed by atoms with van der Waals surface area (Å²) < 4.78 is 2.17. The predicted molar refractivity (Wildman–Crippen MR) is 71.2 cm³/mol. The summed E-state index contributed by atoms with van der Waals surface area (Å²) in [6.07, 6.45) is 5.68. The molecule has 5 nitrogen and oxygen atoms in total. The molecule has 0 bridgehead atoms. The smallest absolute Gasteiger partial charge is 0.232 e. The Labute approximate surface area is 107 Å². The summed E-state index contributed by atoms with van der Waals surface area (Å²) in [5.74, 6) is 1.96. The predicted octanol–water partition coefficient (Wildman–Crippen LogP) is 2.60. The minimum Gasteiger partial charge on any atom is -0.362 e. The summed E-state index contributed by atoms with van der Waals surface area (Å²) in [7, 11) is 0. The van der Waals surface area contributed by atoms with Crippen molar-refractivity contribution >= 4 is 11.6 Å². The molecule has 2 aromatic rings. The van der Waals surface area contributed by atoms with Crippen LogP contribution in [0, 0.1) is 6.92 Å². The lowest BCUT2D eigenvalue weighted by Gasteiger charge is -2.28. The molecule has 2 aromatic heterocycles. The van der Waals surface area contributed by atoms with E-state index in [1.807, 2.05) is 13.1 Å². The first-order valence-electron chi connectivity index (χ1n) is 6.65. The highest BCUT2D eigenvalue weighted by Gasteiger charge is 2.26. The summed E-state index contributed by atoms with van der Waals surface area (Å²) in [5.41, 5.74) is 2.51. The number of nitrogens with zero attached hydrogens (tertiary/aromatic N) is 4. The molecule has 5 heteroatoms. The van der Waals surface area contributed by atoms with Crippen molar-refractivity contribution < 1.29 is 0 Å². The Morgan fingerprint density at radius 2 is 2.22 bits per heavy atom. The molecule has 3 heterocycles. The zero-order chi connectivity index (χ0) is 12.5. The van der Waals surface area contributed by atoms with Crippen molar-refractivity contribution in [1.82, 2.24) is 19.7 Å². The molecular formula is C13H19N5. The molecular weight excluding hydrogens is 226 g/mol. The first kappa shape index (κ1) is 11.3. The highest BCUT2D eigenvalue weighted by molar-refractivity contribution is 5.63. The quantitative estimate of drug-likeness (QED) is 0.842. The van der Waals surface area contributed by atoms with Crippen LogP contribution in [0.3, 0.4) is 0 Å². The second-order valence-corrected chi connectivity index (χ2v) is 4.83. The van der Waals surface area contributed by atoms with Gasteiger partial charge < -0.3 is 9.88 Å². The van der Waals surface area contributed by atoms with Gasteiger partial charge in [0, 0.05) is 12.7 Å². The number of hydrogen-bond donors (Lipinski definition) is 1. The molecule has 18 heavy (non-hydrogen) atoms. The maximum Gasteiger partial charge on any atom is 0.232 e. The van der Waals surface area contributed by atoms with Gasteiger partial charge in [0.15, 0.2) is 0 Å². The molecule has 0 aliphatic carbocycles. The monoisotopic (exact) mass is 245 g/mol. The number of aromatic amines is 1. The minimum absolute atomic E-state index is 0.848. The number of aryl methyl sites for hydroxylation is 1. The van der Waals surface area contributed by atoms with Gasteiger partial charge in [-0.3, -0.25) is 4.57 Å². The van der Waals surface area contributed by atoms with Crippen LogP contribution in [0.5, 0.6) is 0 Å².